The second-order valence-corrected chi connectivity index (χ2v) is 5.04. The van der Waals surface area contributed by atoms with Gasteiger partial charge in [-0.2, -0.15) is 0 Å². The number of phenols is 1. The van der Waals surface area contributed by atoms with Crippen LogP contribution >= 0.6 is 0 Å². The zero-order valence-electron chi connectivity index (χ0n) is 12.7. The second kappa shape index (κ2) is 7.31. The van der Waals surface area contributed by atoms with Crippen molar-refractivity contribution in [2.24, 2.45) is 0 Å². The molecule has 0 aromatic heterocycles. The van der Waals surface area contributed by atoms with Gasteiger partial charge in [-0.25, -0.2) is 4.79 Å². The highest BCUT2D eigenvalue weighted by molar-refractivity contribution is 5.97. The van der Waals surface area contributed by atoms with Crippen molar-refractivity contribution in [2.75, 3.05) is 12.8 Å². The van der Waals surface area contributed by atoms with E-state index in [0.717, 1.165) is 5.56 Å². The fourth-order valence-corrected chi connectivity index (χ4v) is 2.08. The zero-order valence-corrected chi connectivity index (χ0v) is 12.7. The van der Waals surface area contributed by atoms with Crippen molar-refractivity contribution in [2.45, 2.75) is 12.5 Å². The lowest BCUT2D eigenvalue weighted by Crippen LogP contribution is -2.43. The van der Waals surface area contributed by atoms with Crippen LogP contribution in [-0.4, -0.2) is 30.1 Å². The van der Waals surface area contributed by atoms with E-state index in [2.05, 4.69) is 5.32 Å². The van der Waals surface area contributed by atoms with Gasteiger partial charge in [-0.15, -0.1) is 0 Å². The van der Waals surface area contributed by atoms with Crippen LogP contribution in [0.15, 0.2) is 48.5 Å². The van der Waals surface area contributed by atoms with Crippen LogP contribution < -0.4 is 11.1 Å². The first-order chi connectivity index (χ1) is 11.0. The Balaban J connectivity index is 2.12. The van der Waals surface area contributed by atoms with Gasteiger partial charge in [-0.3, -0.25) is 4.79 Å². The minimum Gasteiger partial charge on any atom is -0.508 e. The Bertz CT molecular complexity index is 681. The van der Waals surface area contributed by atoms with Crippen molar-refractivity contribution in [3.8, 4) is 5.75 Å². The number of anilines is 1. The topological polar surface area (TPSA) is 102 Å². The summed E-state index contributed by atoms with van der Waals surface area (Å²) in [5.74, 6) is -0.796. The number of nitrogens with two attached hydrogens (primary N) is 1. The lowest BCUT2D eigenvalue weighted by molar-refractivity contribution is -0.142. The van der Waals surface area contributed by atoms with E-state index >= 15 is 0 Å². The Morgan fingerprint density at radius 3 is 2.30 bits per heavy atom. The van der Waals surface area contributed by atoms with Crippen LogP contribution in [-0.2, 0) is 16.0 Å². The third kappa shape index (κ3) is 4.47. The SMILES string of the molecule is COC(=O)[C@H](Cc1ccc(O)cc1)NC(=O)c1ccc(N)cc1. The van der Waals surface area contributed by atoms with E-state index in [1.807, 2.05) is 0 Å². The number of carbonyl (C=O) groups excluding carboxylic acids is 2. The van der Waals surface area contributed by atoms with Crippen molar-refractivity contribution in [1.29, 1.82) is 0 Å². The molecule has 6 heteroatoms. The van der Waals surface area contributed by atoms with Gasteiger partial charge in [0, 0.05) is 17.7 Å². The molecule has 2 aromatic carbocycles. The maximum atomic E-state index is 12.2. The van der Waals surface area contributed by atoms with E-state index in [1.165, 1.54) is 19.2 Å². The number of aromatic hydroxyl groups is 1. The van der Waals surface area contributed by atoms with Gasteiger partial charge in [0.1, 0.15) is 11.8 Å². The summed E-state index contributed by atoms with van der Waals surface area (Å²) in [5, 5.41) is 11.9. The summed E-state index contributed by atoms with van der Waals surface area (Å²) in [4.78, 5) is 24.1. The number of ether oxygens (including phenoxy) is 1. The smallest absolute Gasteiger partial charge is 0.328 e. The minimum absolute atomic E-state index is 0.134. The fraction of sp³-hybridized carbons (Fsp3) is 0.176. The molecular formula is C17H18N2O4. The van der Waals surface area contributed by atoms with Crippen molar-refractivity contribution in [1.82, 2.24) is 5.32 Å². The minimum atomic E-state index is -0.824. The first kappa shape index (κ1) is 16.4. The molecule has 0 aliphatic rings. The van der Waals surface area contributed by atoms with E-state index in [0.29, 0.717) is 11.3 Å². The van der Waals surface area contributed by atoms with Gasteiger partial charge >= 0.3 is 5.97 Å². The molecule has 0 bridgehead atoms. The third-order valence-corrected chi connectivity index (χ3v) is 3.34. The molecule has 23 heavy (non-hydrogen) atoms. The molecule has 0 spiro atoms. The fourth-order valence-electron chi connectivity index (χ4n) is 2.08. The number of hydrogen-bond donors (Lipinski definition) is 3. The molecule has 1 atom stereocenters. The van der Waals surface area contributed by atoms with Crippen molar-refractivity contribution in [3.63, 3.8) is 0 Å². The molecule has 0 aliphatic heterocycles. The Morgan fingerprint density at radius 2 is 1.74 bits per heavy atom. The predicted octanol–water partition coefficient (Wildman–Crippen LogP) is 1.49. The Hall–Kier alpha value is -3.02. The molecule has 2 aromatic rings. The molecule has 6 nitrogen and oxygen atoms in total. The lowest BCUT2D eigenvalue weighted by Gasteiger charge is -2.17. The van der Waals surface area contributed by atoms with Gasteiger partial charge in [0.25, 0.3) is 5.91 Å². The van der Waals surface area contributed by atoms with Crippen LogP contribution in [0.2, 0.25) is 0 Å². The average Bonchev–Trinajstić information content (AvgIpc) is 2.56. The third-order valence-electron chi connectivity index (χ3n) is 3.34. The van der Waals surface area contributed by atoms with Crippen LogP contribution in [0.4, 0.5) is 5.69 Å². The summed E-state index contributed by atoms with van der Waals surface area (Å²) in [7, 11) is 1.27. The van der Waals surface area contributed by atoms with Gasteiger partial charge in [0.2, 0.25) is 0 Å². The first-order valence-electron chi connectivity index (χ1n) is 7.01. The molecular weight excluding hydrogens is 296 g/mol. The summed E-state index contributed by atoms with van der Waals surface area (Å²) in [6, 6.07) is 12.0. The number of esters is 1. The molecule has 4 N–H and O–H groups in total. The number of hydrogen-bond acceptors (Lipinski definition) is 5. The average molecular weight is 314 g/mol. The number of carbonyl (C=O) groups is 2. The van der Waals surface area contributed by atoms with Crippen LogP contribution in [0.3, 0.4) is 0 Å². The van der Waals surface area contributed by atoms with E-state index < -0.39 is 12.0 Å². The van der Waals surface area contributed by atoms with Crippen molar-refractivity contribution >= 4 is 17.6 Å². The van der Waals surface area contributed by atoms with Crippen LogP contribution in [0.1, 0.15) is 15.9 Å². The van der Waals surface area contributed by atoms with Gasteiger partial charge in [-0.1, -0.05) is 12.1 Å². The van der Waals surface area contributed by atoms with E-state index in [-0.39, 0.29) is 18.1 Å². The molecule has 0 radical (unpaired) electrons. The molecule has 0 aliphatic carbocycles. The first-order valence-corrected chi connectivity index (χ1v) is 7.01. The van der Waals surface area contributed by atoms with Crippen LogP contribution in [0.25, 0.3) is 0 Å². The van der Waals surface area contributed by atoms with E-state index in [1.54, 1.807) is 36.4 Å². The number of rotatable bonds is 5. The number of methoxy groups -OCH3 is 1. The standard InChI is InChI=1S/C17H18N2O4/c1-23-17(22)15(10-11-2-8-14(20)9-3-11)19-16(21)12-4-6-13(18)7-5-12/h2-9,15,20H,10,18H2,1H3,(H,19,21)/t15-/m0/s1. The monoisotopic (exact) mass is 314 g/mol. The molecule has 120 valence electrons. The normalized spacial score (nSPS) is 11.5. The molecule has 0 unspecified atom stereocenters. The highest BCUT2D eigenvalue weighted by Crippen LogP contribution is 2.12. The predicted molar refractivity (Wildman–Crippen MR) is 85.9 cm³/mol. The number of amides is 1. The highest BCUT2D eigenvalue weighted by Gasteiger charge is 2.22. The quantitative estimate of drug-likeness (QED) is 0.573. The van der Waals surface area contributed by atoms with Gasteiger partial charge in [0.15, 0.2) is 0 Å². The highest BCUT2D eigenvalue weighted by atomic mass is 16.5. The summed E-state index contributed by atoms with van der Waals surface area (Å²) >= 11 is 0. The zero-order chi connectivity index (χ0) is 16.8. The molecule has 0 saturated heterocycles. The molecule has 0 heterocycles. The maximum Gasteiger partial charge on any atom is 0.328 e. The summed E-state index contributed by atoms with van der Waals surface area (Å²) in [6.07, 6.45) is 0.258. The number of nitrogen functional groups attached to an aromatic ring is 1. The lowest BCUT2D eigenvalue weighted by atomic mass is 10.1. The Morgan fingerprint density at radius 1 is 1.13 bits per heavy atom. The molecule has 1 amide bonds. The van der Waals surface area contributed by atoms with E-state index in [9.17, 15) is 14.7 Å². The molecule has 0 saturated carbocycles. The maximum absolute atomic E-state index is 12.2. The molecule has 2 rings (SSSR count). The van der Waals surface area contributed by atoms with Crippen molar-refractivity contribution < 1.29 is 19.4 Å². The Kier molecular flexibility index (Phi) is 5.19. The van der Waals surface area contributed by atoms with Crippen LogP contribution in [0, 0.1) is 0 Å². The number of nitrogens with one attached hydrogen (secondary N) is 1. The van der Waals surface area contributed by atoms with Crippen LogP contribution in [0.5, 0.6) is 5.75 Å². The second-order valence-electron chi connectivity index (χ2n) is 5.04. The van der Waals surface area contributed by atoms with Crippen molar-refractivity contribution in [3.05, 3.63) is 59.7 Å². The van der Waals surface area contributed by atoms with E-state index in [4.69, 9.17) is 10.5 Å². The Labute approximate surface area is 133 Å². The summed E-state index contributed by atoms with van der Waals surface area (Å²) in [5.41, 5.74) is 7.33. The largest absolute Gasteiger partial charge is 0.508 e. The van der Waals surface area contributed by atoms with Gasteiger partial charge < -0.3 is 20.9 Å². The van der Waals surface area contributed by atoms with Gasteiger partial charge in [0.05, 0.1) is 7.11 Å². The molecule has 0 fully saturated rings. The number of phenolic OH excluding ortho intramolecular Hbond substituents is 1. The summed E-state index contributed by atoms with van der Waals surface area (Å²) in [6.45, 7) is 0. The number of benzene rings is 2. The summed E-state index contributed by atoms with van der Waals surface area (Å²) < 4.78 is 4.74. The van der Waals surface area contributed by atoms with Gasteiger partial charge in [-0.05, 0) is 42.0 Å².